The summed E-state index contributed by atoms with van der Waals surface area (Å²) in [7, 11) is -4.64. The van der Waals surface area contributed by atoms with Gasteiger partial charge >= 0.3 is 7.82 Å². The molecule has 1 rings (SSSR count). The van der Waals surface area contributed by atoms with Crippen molar-refractivity contribution in [3.8, 4) is 5.75 Å². The number of benzene rings is 1. The van der Waals surface area contributed by atoms with Gasteiger partial charge < -0.3 is 19.4 Å². The van der Waals surface area contributed by atoms with E-state index in [-0.39, 0.29) is 0 Å². The zero-order valence-electron chi connectivity index (χ0n) is 18.7. The first-order valence-electron chi connectivity index (χ1n) is 11.3. The van der Waals surface area contributed by atoms with Gasteiger partial charge in [0.05, 0.1) is 6.61 Å². The molecule has 170 valence electrons. The minimum Gasteiger partial charge on any atom is -0.493 e. The molecular weight excluding hydrogens is 387 g/mol. The Hall–Kier alpha value is -0.870. The summed E-state index contributed by atoms with van der Waals surface area (Å²) < 4.78 is 15.0. The highest BCUT2D eigenvalue weighted by Crippen LogP contribution is 2.26. The molecule has 29 heavy (non-hydrogen) atoms. The fraction of sp³-hybridized carbons (Fsp3) is 0.739. The van der Waals surface area contributed by atoms with Gasteiger partial charge in [-0.05, 0) is 37.8 Å². The smallest absolute Gasteiger partial charge is 0.466 e. The second-order valence-corrected chi connectivity index (χ2v) is 8.79. The molecule has 0 aliphatic rings. The molecule has 0 amide bonds. The number of hydrogen-bond donors (Lipinski definition) is 3. The molecule has 0 fully saturated rings. The summed E-state index contributed by atoms with van der Waals surface area (Å²) in [6.07, 6.45) is 17.2. The lowest BCUT2D eigenvalue weighted by atomic mass is 10.0. The van der Waals surface area contributed by atoms with Crippen LogP contribution < -0.4 is 4.74 Å². The van der Waals surface area contributed by atoms with Crippen LogP contribution in [0.5, 0.6) is 5.75 Å². The van der Waals surface area contributed by atoms with Crippen molar-refractivity contribution in [2.45, 2.75) is 104 Å². The topological polar surface area (TPSA) is 87.0 Å². The van der Waals surface area contributed by atoms with Crippen LogP contribution >= 0.6 is 7.82 Å². The van der Waals surface area contributed by atoms with Crippen LogP contribution in [0, 0.1) is 6.92 Å². The highest BCUT2D eigenvalue weighted by atomic mass is 31.2. The first kappa shape index (κ1) is 28.1. The van der Waals surface area contributed by atoms with Gasteiger partial charge in [-0.3, -0.25) is 0 Å². The SMILES string of the molecule is CCCCCCCCOc1ccc(C)cc1CCCCCCCC.O=P(O)(O)O. The normalized spacial score (nSPS) is 11.1. The minimum absolute atomic E-state index is 0.874. The molecular formula is C23H43O5P. The van der Waals surface area contributed by atoms with Gasteiger partial charge in [-0.1, -0.05) is 95.8 Å². The molecule has 1 aromatic rings. The molecule has 0 saturated heterocycles. The van der Waals surface area contributed by atoms with Crippen molar-refractivity contribution in [2.24, 2.45) is 0 Å². The van der Waals surface area contributed by atoms with Gasteiger partial charge in [0.25, 0.3) is 0 Å². The number of phosphoric acid groups is 1. The lowest BCUT2D eigenvalue weighted by Gasteiger charge is -2.12. The Morgan fingerprint density at radius 2 is 1.28 bits per heavy atom. The Labute approximate surface area is 178 Å². The van der Waals surface area contributed by atoms with Crippen molar-refractivity contribution in [1.29, 1.82) is 0 Å². The van der Waals surface area contributed by atoms with E-state index in [2.05, 4.69) is 39.0 Å². The molecule has 0 aromatic heterocycles. The highest BCUT2D eigenvalue weighted by molar-refractivity contribution is 7.45. The van der Waals surface area contributed by atoms with Crippen LogP contribution in [0.3, 0.4) is 0 Å². The first-order valence-corrected chi connectivity index (χ1v) is 12.8. The molecule has 0 aliphatic carbocycles. The molecule has 6 heteroatoms. The van der Waals surface area contributed by atoms with E-state index in [4.69, 9.17) is 24.0 Å². The van der Waals surface area contributed by atoms with E-state index in [1.807, 2.05) is 0 Å². The number of rotatable bonds is 15. The van der Waals surface area contributed by atoms with Gasteiger partial charge in [0.1, 0.15) is 5.75 Å². The maximum atomic E-state index is 8.88. The van der Waals surface area contributed by atoms with Crippen molar-refractivity contribution in [3.63, 3.8) is 0 Å². The van der Waals surface area contributed by atoms with E-state index in [0.29, 0.717) is 0 Å². The molecule has 5 nitrogen and oxygen atoms in total. The summed E-state index contributed by atoms with van der Waals surface area (Å²) in [5, 5.41) is 0. The Balaban J connectivity index is 0.00000139. The summed E-state index contributed by atoms with van der Waals surface area (Å²) in [5.41, 5.74) is 2.76. The van der Waals surface area contributed by atoms with Gasteiger partial charge in [0.15, 0.2) is 0 Å². The standard InChI is InChI=1S/C23H40O.H3O4P/c1-4-6-8-10-12-14-16-22-20-21(3)17-18-23(22)24-19-15-13-11-9-7-5-2;1-5(2,3)4/h17-18,20H,4-16,19H2,1-3H3;(H3,1,2,3,4). The largest absolute Gasteiger partial charge is 0.493 e. The van der Waals surface area contributed by atoms with Crippen LogP contribution in [0.1, 0.15) is 102 Å². The van der Waals surface area contributed by atoms with Gasteiger partial charge in [-0.15, -0.1) is 0 Å². The zero-order chi connectivity index (χ0) is 22.0. The molecule has 0 aliphatic heterocycles. The average Bonchev–Trinajstić information content (AvgIpc) is 2.64. The van der Waals surface area contributed by atoms with Gasteiger partial charge in [0.2, 0.25) is 0 Å². The molecule has 0 heterocycles. The van der Waals surface area contributed by atoms with Crippen LogP contribution in [-0.2, 0) is 11.0 Å². The molecule has 0 atom stereocenters. The molecule has 0 spiro atoms. The Morgan fingerprint density at radius 3 is 1.83 bits per heavy atom. The Bertz CT molecular complexity index is 548. The minimum atomic E-state index is -4.64. The van der Waals surface area contributed by atoms with Gasteiger partial charge in [-0.25, -0.2) is 4.57 Å². The van der Waals surface area contributed by atoms with E-state index < -0.39 is 7.82 Å². The number of ether oxygens (including phenoxy) is 1. The van der Waals surface area contributed by atoms with E-state index >= 15 is 0 Å². The molecule has 0 radical (unpaired) electrons. The van der Waals surface area contributed by atoms with Crippen LogP contribution in [-0.4, -0.2) is 21.3 Å². The summed E-state index contributed by atoms with van der Waals surface area (Å²) in [6.45, 7) is 7.60. The summed E-state index contributed by atoms with van der Waals surface area (Å²) in [6, 6.07) is 6.68. The van der Waals surface area contributed by atoms with Crippen molar-refractivity contribution >= 4 is 7.82 Å². The molecule has 0 unspecified atom stereocenters. The third-order valence-electron chi connectivity index (χ3n) is 4.77. The van der Waals surface area contributed by atoms with Crippen molar-refractivity contribution in [2.75, 3.05) is 6.61 Å². The van der Waals surface area contributed by atoms with Crippen molar-refractivity contribution < 1.29 is 24.0 Å². The summed E-state index contributed by atoms with van der Waals surface area (Å²) in [5.74, 6) is 1.13. The predicted octanol–water partition coefficient (Wildman–Crippen LogP) is 6.71. The van der Waals surface area contributed by atoms with Crippen molar-refractivity contribution in [3.05, 3.63) is 29.3 Å². The first-order chi connectivity index (χ1) is 13.8. The van der Waals surface area contributed by atoms with E-state index in [0.717, 1.165) is 12.4 Å². The highest BCUT2D eigenvalue weighted by Gasteiger charge is 2.05. The second kappa shape index (κ2) is 17.9. The second-order valence-electron chi connectivity index (χ2n) is 7.76. The third kappa shape index (κ3) is 20.2. The fourth-order valence-corrected chi connectivity index (χ4v) is 3.20. The number of hydrogen-bond acceptors (Lipinski definition) is 2. The van der Waals surface area contributed by atoms with Gasteiger partial charge in [-0.2, -0.15) is 0 Å². The quantitative estimate of drug-likeness (QED) is 0.213. The van der Waals surface area contributed by atoms with Crippen LogP contribution in [0.4, 0.5) is 0 Å². The lowest BCUT2D eigenvalue weighted by molar-refractivity contribution is 0.275. The molecule has 3 N–H and O–H groups in total. The average molecular weight is 431 g/mol. The molecule has 1 aromatic carbocycles. The summed E-state index contributed by atoms with van der Waals surface area (Å²) in [4.78, 5) is 21.6. The van der Waals surface area contributed by atoms with E-state index in [1.165, 1.54) is 94.6 Å². The number of unbranched alkanes of at least 4 members (excludes halogenated alkanes) is 10. The van der Waals surface area contributed by atoms with E-state index in [9.17, 15) is 0 Å². The Morgan fingerprint density at radius 1 is 0.793 bits per heavy atom. The number of aryl methyl sites for hydroxylation is 2. The fourth-order valence-electron chi connectivity index (χ4n) is 3.20. The van der Waals surface area contributed by atoms with Gasteiger partial charge in [0, 0.05) is 0 Å². The Kier molecular flexibility index (Phi) is 17.4. The molecule has 0 bridgehead atoms. The third-order valence-corrected chi connectivity index (χ3v) is 4.77. The lowest BCUT2D eigenvalue weighted by Crippen LogP contribution is -2.01. The van der Waals surface area contributed by atoms with E-state index in [1.54, 1.807) is 0 Å². The van der Waals surface area contributed by atoms with Crippen LogP contribution in [0.25, 0.3) is 0 Å². The predicted molar refractivity (Wildman–Crippen MR) is 121 cm³/mol. The maximum absolute atomic E-state index is 8.88. The zero-order valence-corrected chi connectivity index (χ0v) is 19.6. The monoisotopic (exact) mass is 430 g/mol. The van der Waals surface area contributed by atoms with Crippen LogP contribution in [0.2, 0.25) is 0 Å². The van der Waals surface area contributed by atoms with Crippen LogP contribution in [0.15, 0.2) is 18.2 Å². The molecule has 0 saturated carbocycles. The van der Waals surface area contributed by atoms with Crippen molar-refractivity contribution in [1.82, 2.24) is 0 Å². The maximum Gasteiger partial charge on any atom is 0.466 e. The summed E-state index contributed by atoms with van der Waals surface area (Å²) >= 11 is 0.